The molecule has 6 heteroatoms. The van der Waals surface area contributed by atoms with E-state index < -0.39 is 0 Å². The van der Waals surface area contributed by atoms with Gasteiger partial charge in [-0.15, -0.1) is 0 Å². The topological polar surface area (TPSA) is 70.1 Å². The van der Waals surface area contributed by atoms with Gasteiger partial charge in [0.2, 0.25) is 0 Å². The molecule has 148 valence electrons. The summed E-state index contributed by atoms with van der Waals surface area (Å²) in [6.45, 7) is 2.60. The second-order valence-corrected chi connectivity index (χ2v) is 7.12. The van der Waals surface area contributed by atoms with Crippen LogP contribution in [0.3, 0.4) is 0 Å². The molecule has 0 unspecified atom stereocenters. The normalized spacial score (nSPS) is 13.3. The van der Waals surface area contributed by atoms with Gasteiger partial charge < -0.3 is 15.5 Å². The third-order valence-corrected chi connectivity index (χ3v) is 5.02. The molecule has 1 saturated heterocycles. The molecule has 29 heavy (non-hydrogen) atoms. The third kappa shape index (κ3) is 4.90. The summed E-state index contributed by atoms with van der Waals surface area (Å²) in [5.41, 5.74) is 3.73. The van der Waals surface area contributed by atoms with Gasteiger partial charge in [-0.25, -0.2) is 9.78 Å². The largest absolute Gasteiger partial charge is 0.355 e. The number of amides is 2. The average molecular weight is 387 g/mol. The standard InChI is InChI=1S/C23H25N5O/c29-23(26-12-11-18-7-2-1-3-8-18)27-20-10-6-9-19(17-20)21-22(25-14-13-24-21)28-15-4-5-16-28/h1-3,6-10,13-14,17H,4-5,11-12,15-16H2,(H2,26,27,29). The summed E-state index contributed by atoms with van der Waals surface area (Å²) in [5.74, 6) is 0.912. The molecular formula is C23H25N5O. The number of nitrogens with zero attached hydrogens (tertiary/aromatic N) is 3. The molecule has 3 aromatic rings. The maximum Gasteiger partial charge on any atom is 0.319 e. The zero-order valence-electron chi connectivity index (χ0n) is 16.3. The number of hydrogen-bond donors (Lipinski definition) is 2. The van der Waals surface area contributed by atoms with Crippen molar-refractivity contribution in [3.63, 3.8) is 0 Å². The number of carbonyl (C=O) groups is 1. The third-order valence-electron chi connectivity index (χ3n) is 5.02. The molecule has 0 radical (unpaired) electrons. The number of urea groups is 1. The lowest BCUT2D eigenvalue weighted by Gasteiger charge is -2.19. The van der Waals surface area contributed by atoms with Crippen molar-refractivity contribution in [2.24, 2.45) is 0 Å². The number of nitrogens with one attached hydrogen (secondary N) is 2. The molecule has 4 rings (SSSR count). The molecule has 0 saturated carbocycles. The van der Waals surface area contributed by atoms with Crippen molar-refractivity contribution in [3.05, 3.63) is 72.6 Å². The van der Waals surface area contributed by atoms with Gasteiger partial charge in [0.25, 0.3) is 0 Å². The highest BCUT2D eigenvalue weighted by Gasteiger charge is 2.18. The van der Waals surface area contributed by atoms with Gasteiger partial charge in [0.1, 0.15) is 5.69 Å². The number of hydrogen-bond acceptors (Lipinski definition) is 4. The van der Waals surface area contributed by atoms with Crippen molar-refractivity contribution in [1.82, 2.24) is 15.3 Å². The number of anilines is 2. The summed E-state index contributed by atoms with van der Waals surface area (Å²) in [4.78, 5) is 23.7. The predicted molar refractivity (Wildman–Crippen MR) is 116 cm³/mol. The Morgan fingerprint density at radius 1 is 0.966 bits per heavy atom. The zero-order valence-corrected chi connectivity index (χ0v) is 16.3. The first-order chi connectivity index (χ1) is 14.3. The average Bonchev–Trinajstić information content (AvgIpc) is 3.29. The van der Waals surface area contributed by atoms with Crippen molar-refractivity contribution >= 4 is 17.5 Å². The van der Waals surface area contributed by atoms with Crippen LogP contribution >= 0.6 is 0 Å². The lowest BCUT2D eigenvalue weighted by Crippen LogP contribution is -2.30. The van der Waals surface area contributed by atoms with Gasteiger partial charge in [0, 0.05) is 43.3 Å². The smallest absolute Gasteiger partial charge is 0.319 e. The van der Waals surface area contributed by atoms with Gasteiger partial charge in [0.15, 0.2) is 5.82 Å². The molecule has 1 aliphatic rings. The number of carbonyl (C=O) groups excluding carboxylic acids is 1. The molecule has 1 aliphatic heterocycles. The van der Waals surface area contributed by atoms with E-state index in [1.165, 1.54) is 18.4 Å². The van der Waals surface area contributed by atoms with Gasteiger partial charge in [-0.05, 0) is 37.0 Å². The summed E-state index contributed by atoms with van der Waals surface area (Å²) < 4.78 is 0. The summed E-state index contributed by atoms with van der Waals surface area (Å²) >= 11 is 0. The van der Waals surface area contributed by atoms with Gasteiger partial charge in [-0.1, -0.05) is 42.5 Å². The highest BCUT2D eigenvalue weighted by Crippen LogP contribution is 2.30. The molecule has 0 spiro atoms. The van der Waals surface area contributed by atoms with Crippen molar-refractivity contribution in [1.29, 1.82) is 0 Å². The molecule has 1 aromatic heterocycles. The van der Waals surface area contributed by atoms with E-state index in [4.69, 9.17) is 0 Å². The van der Waals surface area contributed by atoms with Crippen LogP contribution in [0.1, 0.15) is 18.4 Å². The first kappa shape index (κ1) is 18.9. The first-order valence-electron chi connectivity index (χ1n) is 10.0. The molecular weight excluding hydrogens is 362 g/mol. The van der Waals surface area contributed by atoms with Crippen LogP contribution in [0, 0.1) is 0 Å². The van der Waals surface area contributed by atoms with Crippen LogP contribution in [0.5, 0.6) is 0 Å². The quantitative estimate of drug-likeness (QED) is 0.668. The van der Waals surface area contributed by atoms with Crippen LogP contribution < -0.4 is 15.5 Å². The number of aromatic nitrogens is 2. The number of benzene rings is 2. The zero-order chi connectivity index (χ0) is 19.9. The second-order valence-electron chi connectivity index (χ2n) is 7.12. The molecule has 0 bridgehead atoms. The van der Waals surface area contributed by atoms with Crippen molar-refractivity contribution in [3.8, 4) is 11.3 Å². The molecule has 2 heterocycles. The summed E-state index contributed by atoms with van der Waals surface area (Å²) in [6, 6.07) is 17.7. The molecule has 2 amide bonds. The fraction of sp³-hybridized carbons (Fsp3) is 0.261. The van der Waals surface area contributed by atoms with Crippen LogP contribution in [0.25, 0.3) is 11.3 Å². The first-order valence-corrected chi connectivity index (χ1v) is 10.0. The highest BCUT2D eigenvalue weighted by atomic mass is 16.2. The van der Waals surface area contributed by atoms with Crippen LogP contribution in [0.2, 0.25) is 0 Å². The summed E-state index contributed by atoms with van der Waals surface area (Å²) in [6.07, 6.45) is 6.61. The van der Waals surface area contributed by atoms with E-state index in [0.29, 0.717) is 6.54 Å². The Morgan fingerprint density at radius 3 is 2.59 bits per heavy atom. The molecule has 1 fully saturated rings. The Balaban J connectivity index is 1.41. The van der Waals surface area contributed by atoms with Crippen molar-refractivity contribution in [2.75, 3.05) is 29.9 Å². The van der Waals surface area contributed by atoms with Gasteiger partial charge in [0.05, 0.1) is 0 Å². The monoisotopic (exact) mass is 387 g/mol. The lowest BCUT2D eigenvalue weighted by molar-refractivity contribution is 0.252. The van der Waals surface area contributed by atoms with E-state index in [1.807, 2.05) is 42.5 Å². The van der Waals surface area contributed by atoms with Crippen LogP contribution in [0.15, 0.2) is 67.0 Å². The van der Waals surface area contributed by atoms with E-state index in [-0.39, 0.29) is 6.03 Å². The highest BCUT2D eigenvalue weighted by molar-refractivity contribution is 5.90. The fourth-order valence-corrected chi connectivity index (χ4v) is 3.58. The Kier molecular flexibility index (Phi) is 6.00. The molecule has 2 aromatic carbocycles. The second kappa shape index (κ2) is 9.19. The van der Waals surface area contributed by atoms with Crippen LogP contribution in [-0.4, -0.2) is 35.6 Å². The Labute approximate surface area is 171 Å². The predicted octanol–water partition coefficient (Wildman–Crippen LogP) is 4.11. The Morgan fingerprint density at radius 2 is 1.76 bits per heavy atom. The minimum Gasteiger partial charge on any atom is -0.355 e. The molecule has 2 N–H and O–H groups in total. The molecule has 0 atom stereocenters. The van der Waals surface area contributed by atoms with E-state index in [2.05, 4.69) is 37.6 Å². The van der Waals surface area contributed by atoms with E-state index in [9.17, 15) is 4.79 Å². The van der Waals surface area contributed by atoms with Crippen molar-refractivity contribution < 1.29 is 4.79 Å². The SMILES string of the molecule is O=C(NCCc1ccccc1)Nc1cccc(-c2nccnc2N2CCCC2)c1. The summed E-state index contributed by atoms with van der Waals surface area (Å²) in [5, 5.41) is 5.82. The van der Waals surface area contributed by atoms with Crippen molar-refractivity contribution in [2.45, 2.75) is 19.3 Å². The fourth-order valence-electron chi connectivity index (χ4n) is 3.58. The maximum absolute atomic E-state index is 12.3. The van der Waals surface area contributed by atoms with Gasteiger partial charge in [-0.2, -0.15) is 0 Å². The van der Waals surface area contributed by atoms with Gasteiger partial charge >= 0.3 is 6.03 Å². The summed E-state index contributed by atoms with van der Waals surface area (Å²) in [7, 11) is 0. The Hall–Kier alpha value is -3.41. The molecule has 6 nitrogen and oxygen atoms in total. The van der Waals surface area contributed by atoms with Crippen LogP contribution in [0.4, 0.5) is 16.3 Å². The lowest BCUT2D eigenvalue weighted by atomic mass is 10.1. The van der Waals surface area contributed by atoms with Gasteiger partial charge in [-0.3, -0.25) is 4.98 Å². The minimum absolute atomic E-state index is 0.211. The van der Waals surface area contributed by atoms with E-state index >= 15 is 0 Å². The van der Waals surface area contributed by atoms with E-state index in [1.54, 1.807) is 12.4 Å². The minimum atomic E-state index is -0.211. The van der Waals surface area contributed by atoms with Crippen LogP contribution in [-0.2, 0) is 6.42 Å². The number of rotatable bonds is 6. The van der Waals surface area contributed by atoms with E-state index in [0.717, 1.165) is 42.3 Å². The molecule has 0 aliphatic carbocycles. The maximum atomic E-state index is 12.3. The Bertz CT molecular complexity index is 954.